The van der Waals surface area contributed by atoms with Crippen LogP contribution in [-0.4, -0.2) is 51.7 Å². The van der Waals surface area contributed by atoms with Crippen LogP contribution < -0.4 is 16.0 Å². The number of aryl methyl sites for hydroxylation is 2. The number of carboxylic acid groups (broad SMARTS) is 1. The smallest absolute Gasteiger partial charge is 0.490 e. The van der Waals surface area contributed by atoms with Crippen molar-refractivity contribution in [2.45, 2.75) is 51.4 Å². The molecule has 12 heteroatoms. The number of aromatic nitrogens is 1. The fourth-order valence-electron chi connectivity index (χ4n) is 6.20. The summed E-state index contributed by atoms with van der Waals surface area (Å²) in [4.78, 5) is 42.4. The number of phenols is 1. The van der Waals surface area contributed by atoms with E-state index in [-0.39, 0.29) is 23.6 Å². The van der Waals surface area contributed by atoms with E-state index < -0.39 is 18.2 Å². The Morgan fingerprint density at radius 1 is 0.941 bits per heavy atom. The van der Waals surface area contributed by atoms with Gasteiger partial charge in [0.25, 0.3) is 5.91 Å². The van der Waals surface area contributed by atoms with E-state index >= 15 is 0 Å². The van der Waals surface area contributed by atoms with Crippen molar-refractivity contribution in [3.05, 3.63) is 136 Å². The third-order valence-electron chi connectivity index (χ3n) is 8.72. The average Bonchev–Trinajstić information content (AvgIpc) is 3.09. The SMILES string of the molecule is Cc1cc(O)cc(C)c1C[C@H](N)C(=O)N[C@@H]1CCN(C(=O)c2ccccc2)c2ccc(Cc3cnc4ccccc4c3)cc21.O=C(O)C(F)(F)F. The molecular weight excluding hydrogens is 661 g/mol. The molecule has 5 aromatic rings. The van der Waals surface area contributed by atoms with Crippen molar-refractivity contribution >= 4 is 34.4 Å². The summed E-state index contributed by atoms with van der Waals surface area (Å²) in [6.45, 7) is 4.29. The van der Waals surface area contributed by atoms with Gasteiger partial charge in [0.15, 0.2) is 0 Å². The Bertz CT molecular complexity index is 2050. The number of halogens is 3. The van der Waals surface area contributed by atoms with E-state index in [9.17, 15) is 27.9 Å². The number of hydrogen-bond acceptors (Lipinski definition) is 6. The van der Waals surface area contributed by atoms with Crippen LogP contribution in [-0.2, 0) is 22.4 Å². The number of rotatable bonds is 7. The summed E-state index contributed by atoms with van der Waals surface area (Å²) in [7, 11) is 0. The number of fused-ring (bicyclic) bond motifs is 2. The fraction of sp³-hybridized carbons (Fsp3) is 0.231. The van der Waals surface area contributed by atoms with Crippen molar-refractivity contribution in [3.63, 3.8) is 0 Å². The Morgan fingerprint density at radius 3 is 2.25 bits per heavy atom. The Morgan fingerprint density at radius 2 is 1.59 bits per heavy atom. The number of amides is 2. The molecule has 5 N–H and O–H groups in total. The van der Waals surface area contributed by atoms with Gasteiger partial charge < -0.3 is 26.2 Å². The Labute approximate surface area is 292 Å². The molecule has 264 valence electrons. The van der Waals surface area contributed by atoms with Gasteiger partial charge in [0.1, 0.15) is 5.75 Å². The summed E-state index contributed by atoms with van der Waals surface area (Å²) in [6.07, 6.45) is -1.60. The number of carbonyl (C=O) groups is 3. The maximum Gasteiger partial charge on any atom is 0.490 e. The van der Waals surface area contributed by atoms with Crippen molar-refractivity contribution in [2.75, 3.05) is 11.4 Å². The van der Waals surface area contributed by atoms with Gasteiger partial charge >= 0.3 is 12.1 Å². The molecule has 1 aliphatic rings. The van der Waals surface area contributed by atoms with E-state index in [1.807, 2.05) is 80.7 Å². The van der Waals surface area contributed by atoms with Crippen LogP contribution >= 0.6 is 0 Å². The van der Waals surface area contributed by atoms with Crippen LogP contribution in [0.2, 0.25) is 0 Å². The van der Waals surface area contributed by atoms with Crippen LogP contribution in [0.3, 0.4) is 0 Å². The van der Waals surface area contributed by atoms with E-state index in [2.05, 4.69) is 28.5 Å². The number of nitrogens with zero attached hydrogens (tertiary/aromatic N) is 2. The van der Waals surface area contributed by atoms with E-state index in [0.717, 1.165) is 50.0 Å². The highest BCUT2D eigenvalue weighted by Gasteiger charge is 2.38. The van der Waals surface area contributed by atoms with Crippen LogP contribution in [0.1, 0.15) is 56.2 Å². The summed E-state index contributed by atoms with van der Waals surface area (Å²) < 4.78 is 31.7. The van der Waals surface area contributed by atoms with E-state index in [1.54, 1.807) is 17.0 Å². The molecule has 0 spiro atoms. The molecule has 2 atom stereocenters. The molecule has 51 heavy (non-hydrogen) atoms. The molecule has 0 saturated carbocycles. The van der Waals surface area contributed by atoms with Gasteiger partial charge in [0.05, 0.1) is 17.6 Å². The lowest BCUT2D eigenvalue weighted by molar-refractivity contribution is -0.192. The molecule has 2 heterocycles. The second-order valence-corrected chi connectivity index (χ2v) is 12.5. The van der Waals surface area contributed by atoms with Crippen LogP contribution in [0.4, 0.5) is 18.9 Å². The van der Waals surface area contributed by atoms with E-state index in [4.69, 9.17) is 15.6 Å². The van der Waals surface area contributed by atoms with E-state index in [0.29, 0.717) is 31.4 Å². The molecule has 0 radical (unpaired) electrons. The van der Waals surface area contributed by atoms with Crippen LogP contribution in [0, 0.1) is 13.8 Å². The van der Waals surface area contributed by atoms with Crippen molar-refractivity contribution in [3.8, 4) is 5.75 Å². The van der Waals surface area contributed by atoms with Crippen LogP contribution in [0.15, 0.2) is 97.2 Å². The first-order chi connectivity index (χ1) is 24.2. The van der Waals surface area contributed by atoms with Crippen molar-refractivity contribution in [1.82, 2.24) is 10.3 Å². The standard InChI is InChI=1S/C37H36N4O3.C2HF3O2/c1-23-16-29(42)17-24(2)30(23)21-32(38)36(43)40-34-14-15-41(37(44)27-8-4-3-5-9-27)35-13-12-25(20-31(34)35)18-26-19-28-10-6-7-11-33(28)39-22-26;3-2(4,5)1(6)7/h3-13,16-17,19-20,22,32,34,42H,14-15,18,21,38H2,1-2H3,(H,40,43);(H,6,7)/t32-,34+;/m0./s1. The first-order valence-corrected chi connectivity index (χ1v) is 16.2. The second-order valence-electron chi connectivity index (χ2n) is 12.5. The molecule has 6 rings (SSSR count). The highest BCUT2D eigenvalue weighted by molar-refractivity contribution is 6.07. The summed E-state index contributed by atoms with van der Waals surface area (Å²) in [5.41, 5.74) is 14.6. The summed E-state index contributed by atoms with van der Waals surface area (Å²) >= 11 is 0. The maximum absolute atomic E-state index is 13.6. The van der Waals surface area contributed by atoms with Crippen molar-refractivity contribution in [1.29, 1.82) is 0 Å². The number of carboxylic acids is 1. The molecule has 0 saturated heterocycles. The van der Waals surface area contributed by atoms with Crippen molar-refractivity contribution < 1.29 is 37.8 Å². The molecule has 4 aromatic carbocycles. The van der Waals surface area contributed by atoms with Gasteiger partial charge in [-0.2, -0.15) is 13.2 Å². The predicted octanol–water partition coefficient (Wildman–Crippen LogP) is 6.56. The summed E-state index contributed by atoms with van der Waals surface area (Å²) in [5.74, 6) is -2.88. The third-order valence-corrected chi connectivity index (χ3v) is 8.72. The van der Waals surface area contributed by atoms with Gasteiger partial charge in [-0.15, -0.1) is 0 Å². The largest absolute Gasteiger partial charge is 0.508 e. The minimum atomic E-state index is -5.08. The number of carbonyl (C=O) groups excluding carboxylic acids is 2. The molecule has 9 nitrogen and oxygen atoms in total. The molecule has 0 bridgehead atoms. The van der Waals surface area contributed by atoms with Crippen molar-refractivity contribution in [2.24, 2.45) is 5.73 Å². The number of nitrogens with one attached hydrogen (secondary N) is 1. The minimum absolute atomic E-state index is 0.0712. The Balaban J connectivity index is 0.000000654. The molecule has 0 aliphatic carbocycles. The number of aromatic hydroxyl groups is 1. The van der Waals surface area contributed by atoms with Crippen LogP contribution in [0.25, 0.3) is 10.9 Å². The molecule has 1 aliphatic heterocycles. The zero-order valence-electron chi connectivity index (χ0n) is 27.9. The number of phenolic OH excluding ortho intramolecular Hbond substituents is 1. The summed E-state index contributed by atoms with van der Waals surface area (Å²) in [6, 6.07) is 27.9. The molecule has 0 unspecified atom stereocenters. The second kappa shape index (κ2) is 15.4. The topological polar surface area (TPSA) is 146 Å². The van der Waals surface area contributed by atoms with Gasteiger partial charge in [-0.05, 0) is 109 Å². The average molecular weight is 699 g/mol. The maximum atomic E-state index is 13.6. The molecular formula is C39H37F3N4O5. The number of anilines is 1. The van der Waals surface area contributed by atoms with E-state index in [1.165, 1.54) is 0 Å². The summed E-state index contributed by atoms with van der Waals surface area (Å²) in [5, 5.41) is 21.3. The number of nitrogens with two attached hydrogens (primary N) is 1. The Kier molecular flexibility index (Phi) is 11.0. The third kappa shape index (κ3) is 8.89. The Hall–Kier alpha value is -5.75. The molecule has 2 amide bonds. The minimum Gasteiger partial charge on any atom is -0.508 e. The highest BCUT2D eigenvalue weighted by Crippen LogP contribution is 2.36. The number of alkyl halides is 3. The number of aliphatic carboxylic acids is 1. The normalized spacial score (nSPS) is 14.5. The van der Waals surface area contributed by atoms with Gasteiger partial charge in [-0.1, -0.05) is 48.5 Å². The lowest BCUT2D eigenvalue weighted by Gasteiger charge is -2.35. The first-order valence-electron chi connectivity index (χ1n) is 16.2. The van der Waals surface area contributed by atoms with Gasteiger partial charge in [-0.3, -0.25) is 14.6 Å². The lowest BCUT2D eigenvalue weighted by atomic mass is 9.91. The first kappa shape index (κ1) is 36.5. The monoisotopic (exact) mass is 698 g/mol. The van der Waals surface area contributed by atoms with Gasteiger partial charge in [0, 0.05) is 29.4 Å². The van der Waals surface area contributed by atoms with Crippen LogP contribution in [0.5, 0.6) is 5.75 Å². The number of pyridine rings is 1. The number of para-hydroxylation sites is 1. The van der Waals surface area contributed by atoms with Gasteiger partial charge in [-0.25, -0.2) is 4.79 Å². The number of benzene rings is 4. The quantitative estimate of drug-likeness (QED) is 0.151. The highest BCUT2D eigenvalue weighted by atomic mass is 19.4. The molecule has 0 fully saturated rings. The molecule has 1 aromatic heterocycles. The zero-order chi connectivity index (χ0) is 36.9. The number of hydrogen-bond donors (Lipinski definition) is 4. The zero-order valence-corrected chi connectivity index (χ0v) is 27.9. The predicted molar refractivity (Wildman–Crippen MR) is 188 cm³/mol. The lowest BCUT2D eigenvalue weighted by Crippen LogP contribution is -2.46. The fourth-order valence-corrected chi connectivity index (χ4v) is 6.20. The van der Waals surface area contributed by atoms with Gasteiger partial charge in [0.2, 0.25) is 5.91 Å².